The molecular weight excluding hydrogens is 498 g/mol. The highest BCUT2D eigenvalue weighted by atomic mass is 32.2. The summed E-state index contributed by atoms with van der Waals surface area (Å²) in [6.45, 7) is 3.56. The molecule has 1 unspecified atom stereocenters. The molecule has 0 saturated carbocycles. The number of hydrogen-bond donors (Lipinski definition) is 3. The maximum atomic E-state index is 13.4. The van der Waals surface area contributed by atoms with Crippen molar-refractivity contribution in [1.29, 1.82) is 0 Å². The normalized spacial score (nSPS) is 11.3. The molecule has 7 heteroatoms. The van der Waals surface area contributed by atoms with E-state index < -0.39 is 5.25 Å². The number of amides is 1. The summed E-state index contributed by atoms with van der Waals surface area (Å²) in [6.07, 6.45) is 0. The number of nitrogens with one attached hydrogen (secondary N) is 3. The predicted molar refractivity (Wildman–Crippen MR) is 158 cm³/mol. The fraction of sp³-hybridized carbons (Fsp3) is 0.100. The van der Waals surface area contributed by atoms with E-state index in [1.807, 2.05) is 85.8 Å². The summed E-state index contributed by atoms with van der Waals surface area (Å²) in [4.78, 5) is 25.9. The molecule has 0 aliphatic rings. The number of ketones is 1. The van der Waals surface area contributed by atoms with Gasteiger partial charge in [-0.1, -0.05) is 54.1 Å². The minimum atomic E-state index is -0.485. The second kappa shape index (κ2) is 12.3. The molecule has 0 radical (unpaired) electrons. The fourth-order valence-corrected chi connectivity index (χ4v) is 4.93. The Bertz CT molecular complexity index is 1390. The van der Waals surface area contributed by atoms with Crippen molar-refractivity contribution < 1.29 is 9.59 Å². The van der Waals surface area contributed by atoms with Gasteiger partial charge >= 0.3 is 0 Å². The fourth-order valence-electron chi connectivity index (χ4n) is 3.61. The maximum Gasteiger partial charge on any atom is 0.242 e. The first-order valence-electron chi connectivity index (χ1n) is 11.8. The lowest BCUT2D eigenvalue weighted by atomic mass is 10.1. The Labute approximate surface area is 226 Å². The molecule has 0 aromatic heterocycles. The molecule has 3 N–H and O–H groups in total. The first kappa shape index (κ1) is 26.1. The van der Waals surface area contributed by atoms with E-state index in [-0.39, 0.29) is 11.7 Å². The van der Waals surface area contributed by atoms with Crippen LogP contribution in [0.4, 0.5) is 17.1 Å². The molecule has 0 heterocycles. The largest absolute Gasteiger partial charge is 0.332 e. The second-order valence-corrected chi connectivity index (χ2v) is 10.1. The summed E-state index contributed by atoms with van der Waals surface area (Å²) >= 11 is 6.94. The Morgan fingerprint density at radius 2 is 1.35 bits per heavy atom. The van der Waals surface area contributed by atoms with Gasteiger partial charge in [0.25, 0.3) is 0 Å². The summed E-state index contributed by atoms with van der Waals surface area (Å²) in [6, 6.07) is 32.4. The van der Waals surface area contributed by atoms with E-state index in [4.69, 9.17) is 12.2 Å². The Balaban J connectivity index is 1.48. The molecule has 0 saturated heterocycles. The van der Waals surface area contributed by atoms with Crippen molar-refractivity contribution in [3.63, 3.8) is 0 Å². The molecule has 0 aliphatic heterocycles. The van der Waals surface area contributed by atoms with E-state index in [1.165, 1.54) is 24.2 Å². The van der Waals surface area contributed by atoms with Gasteiger partial charge in [-0.15, -0.1) is 11.8 Å². The third kappa shape index (κ3) is 7.52. The van der Waals surface area contributed by atoms with Crippen LogP contribution in [0.15, 0.2) is 108 Å². The highest BCUT2D eigenvalue weighted by Crippen LogP contribution is 2.37. The van der Waals surface area contributed by atoms with Gasteiger partial charge < -0.3 is 16.0 Å². The number of thioether (sulfide) groups is 1. The molecule has 5 nitrogen and oxygen atoms in total. The van der Waals surface area contributed by atoms with E-state index in [9.17, 15) is 9.59 Å². The number of carbonyl (C=O) groups is 2. The molecule has 0 fully saturated rings. The van der Waals surface area contributed by atoms with Crippen LogP contribution in [-0.2, 0) is 4.79 Å². The van der Waals surface area contributed by atoms with Crippen molar-refractivity contribution in [3.05, 3.63) is 120 Å². The van der Waals surface area contributed by atoms with Crippen molar-refractivity contribution in [3.8, 4) is 0 Å². The third-order valence-electron chi connectivity index (χ3n) is 5.55. The van der Waals surface area contributed by atoms with Crippen molar-refractivity contribution >= 4 is 57.8 Å². The lowest BCUT2D eigenvalue weighted by Gasteiger charge is -2.18. The van der Waals surface area contributed by atoms with Gasteiger partial charge in [-0.25, -0.2) is 0 Å². The lowest BCUT2D eigenvalue weighted by Crippen LogP contribution is -2.19. The van der Waals surface area contributed by atoms with Crippen LogP contribution in [0.25, 0.3) is 0 Å². The van der Waals surface area contributed by atoms with Crippen molar-refractivity contribution in [2.45, 2.75) is 24.0 Å². The van der Waals surface area contributed by atoms with Crippen LogP contribution < -0.4 is 16.0 Å². The van der Waals surface area contributed by atoms with Crippen LogP contribution in [0.2, 0.25) is 0 Å². The van der Waals surface area contributed by atoms with E-state index in [2.05, 4.69) is 16.0 Å². The van der Waals surface area contributed by atoms with Crippen LogP contribution in [0.5, 0.6) is 0 Å². The Kier molecular flexibility index (Phi) is 8.72. The smallest absolute Gasteiger partial charge is 0.242 e. The molecule has 4 aromatic carbocycles. The van der Waals surface area contributed by atoms with Gasteiger partial charge in [0, 0.05) is 27.5 Å². The zero-order valence-corrected chi connectivity index (χ0v) is 22.2. The van der Waals surface area contributed by atoms with Crippen molar-refractivity contribution in [2.75, 3.05) is 16.0 Å². The van der Waals surface area contributed by atoms with E-state index in [0.29, 0.717) is 16.4 Å². The molecule has 0 bridgehead atoms. The minimum Gasteiger partial charge on any atom is -0.332 e. The molecule has 0 spiro atoms. The quantitative estimate of drug-likeness (QED) is 0.126. The van der Waals surface area contributed by atoms with Crippen LogP contribution in [0.1, 0.15) is 33.7 Å². The zero-order valence-electron chi connectivity index (χ0n) is 20.5. The average Bonchev–Trinajstić information content (AvgIpc) is 2.89. The molecule has 1 atom stereocenters. The molecular formula is C30H27N3O2S2. The van der Waals surface area contributed by atoms with Crippen LogP contribution >= 0.6 is 24.0 Å². The van der Waals surface area contributed by atoms with Gasteiger partial charge in [0.15, 0.2) is 10.9 Å². The standard InChI is InChI=1S/C30H27N3O2S2/c1-20-11-15-25(16-12-20)32-30(36)33-26-9-6-10-27(19-26)37-28(23-7-4-3-5-8-23)29(35)31-24-17-13-22(14-18-24)21(2)34/h3-19,28H,1-2H3,(H,31,35)(H2,32,33,36). The number of hydrogen-bond acceptors (Lipinski definition) is 4. The number of rotatable bonds is 8. The molecule has 1 amide bonds. The van der Waals surface area contributed by atoms with Gasteiger partial charge in [0.2, 0.25) is 5.91 Å². The van der Waals surface area contributed by atoms with Gasteiger partial charge in [0.1, 0.15) is 5.25 Å². The van der Waals surface area contributed by atoms with Gasteiger partial charge in [-0.05, 0) is 86.2 Å². The highest BCUT2D eigenvalue weighted by Gasteiger charge is 2.22. The van der Waals surface area contributed by atoms with Crippen LogP contribution in [0, 0.1) is 6.92 Å². The number of carbonyl (C=O) groups excluding carboxylic acids is 2. The minimum absolute atomic E-state index is 0.0161. The second-order valence-electron chi connectivity index (χ2n) is 8.50. The lowest BCUT2D eigenvalue weighted by molar-refractivity contribution is -0.115. The van der Waals surface area contributed by atoms with Gasteiger partial charge in [-0.2, -0.15) is 0 Å². The number of anilines is 3. The number of thiocarbonyl (C=S) groups is 1. The SMILES string of the molecule is CC(=O)c1ccc(NC(=O)C(Sc2cccc(NC(=S)Nc3ccc(C)cc3)c2)c2ccccc2)cc1. The molecule has 4 aromatic rings. The van der Waals surface area contributed by atoms with Crippen LogP contribution in [-0.4, -0.2) is 16.8 Å². The maximum absolute atomic E-state index is 13.4. The number of Topliss-reactive ketones (excluding diaryl/α,β-unsaturated/α-hetero) is 1. The topological polar surface area (TPSA) is 70.2 Å². The summed E-state index contributed by atoms with van der Waals surface area (Å²) in [5.74, 6) is -0.167. The zero-order chi connectivity index (χ0) is 26.2. The van der Waals surface area contributed by atoms with E-state index in [1.54, 1.807) is 24.3 Å². The Hall–Kier alpha value is -3.94. The predicted octanol–water partition coefficient (Wildman–Crippen LogP) is 7.48. The van der Waals surface area contributed by atoms with Crippen LogP contribution in [0.3, 0.4) is 0 Å². The van der Waals surface area contributed by atoms with Gasteiger partial charge in [-0.3, -0.25) is 9.59 Å². The van der Waals surface area contributed by atoms with Crippen molar-refractivity contribution in [2.24, 2.45) is 0 Å². The first-order chi connectivity index (χ1) is 17.9. The molecule has 0 aliphatic carbocycles. The summed E-state index contributed by atoms with van der Waals surface area (Å²) < 4.78 is 0. The summed E-state index contributed by atoms with van der Waals surface area (Å²) in [5, 5.41) is 9.40. The third-order valence-corrected chi connectivity index (χ3v) is 7.01. The number of aryl methyl sites for hydroxylation is 1. The Morgan fingerprint density at radius 3 is 2.03 bits per heavy atom. The monoisotopic (exact) mass is 525 g/mol. The van der Waals surface area contributed by atoms with Crippen molar-refractivity contribution in [1.82, 2.24) is 0 Å². The molecule has 37 heavy (non-hydrogen) atoms. The summed E-state index contributed by atoms with van der Waals surface area (Å²) in [5.41, 5.74) is 5.04. The summed E-state index contributed by atoms with van der Waals surface area (Å²) in [7, 11) is 0. The number of benzene rings is 4. The van der Waals surface area contributed by atoms with Gasteiger partial charge in [0.05, 0.1) is 0 Å². The van der Waals surface area contributed by atoms with E-state index in [0.717, 1.165) is 21.8 Å². The highest BCUT2D eigenvalue weighted by molar-refractivity contribution is 8.00. The average molecular weight is 526 g/mol. The first-order valence-corrected chi connectivity index (χ1v) is 13.0. The molecule has 4 rings (SSSR count). The van der Waals surface area contributed by atoms with E-state index >= 15 is 0 Å². The Morgan fingerprint density at radius 1 is 0.730 bits per heavy atom. The molecule has 186 valence electrons.